The van der Waals surface area contributed by atoms with Gasteiger partial charge < -0.3 is 15.8 Å². The van der Waals surface area contributed by atoms with E-state index in [1.807, 2.05) is 24.3 Å². The SMILES string of the molecule is NC1CCCCC1.[N-]=[N+]=N[C@@H](Cc1c[nH]c2ccccc12)C(=O)O. The average Bonchev–Trinajstić information content (AvgIpc) is 2.99. The van der Waals surface area contributed by atoms with Crippen molar-refractivity contribution in [3.63, 3.8) is 0 Å². The lowest BCUT2D eigenvalue weighted by Gasteiger charge is -2.15. The van der Waals surface area contributed by atoms with E-state index in [1.54, 1.807) is 6.20 Å². The fourth-order valence-electron chi connectivity index (χ4n) is 2.88. The van der Waals surface area contributed by atoms with Gasteiger partial charge in [0.15, 0.2) is 0 Å². The third-order valence-electron chi connectivity index (χ3n) is 4.21. The van der Waals surface area contributed by atoms with Gasteiger partial charge in [-0.2, -0.15) is 0 Å². The van der Waals surface area contributed by atoms with Crippen molar-refractivity contribution in [2.24, 2.45) is 10.8 Å². The third-order valence-corrected chi connectivity index (χ3v) is 4.21. The summed E-state index contributed by atoms with van der Waals surface area (Å²) in [5, 5.41) is 13.1. The molecule has 0 saturated heterocycles. The monoisotopic (exact) mass is 329 g/mol. The smallest absolute Gasteiger partial charge is 0.312 e. The number of rotatable bonds is 4. The zero-order valence-electron chi connectivity index (χ0n) is 13.6. The van der Waals surface area contributed by atoms with Crippen LogP contribution in [0.1, 0.15) is 37.7 Å². The van der Waals surface area contributed by atoms with Gasteiger partial charge in [0.05, 0.1) is 0 Å². The number of azide groups is 1. The molecule has 1 heterocycles. The summed E-state index contributed by atoms with van der Waals surface area (Å²) < 4.78 is 0. The summed E-state index contributed by atoms with van der Waals surface area (Å²) in [5.41, 5.74) is 15.7. The van der Waals surface area contributed by atoms with Gasteiger partial charge in [-0.3, -0.25) is 4.79 Å². The zero-order chi connectivity index (χ0) is 17.4. The maximum absolute atomic E-state index is 10.9. The Kier molecular flexibility index (Phi) is 6.66. The molecule has 7 nitrogen and oxygen atoms in total. The zero-order valence-corrected chi connectivity index (χ0v) is 13.6. The third kappa shape index (κ3) is 5.01. The summed E-state index contributed by atoms with van der Waals surface area (Å²) in [7, 11) is 0. The molecular weight excluding hydrogens is 306 g/mol. The van der Waals surface area contributed by atoms with Crippen molar-refractivity contribution < 1.29 is 9.90 Å². The van der Waals surface area contributed by atoms with Gasteiger partial charge >= 0.3 is 5.97 Å². The van der Waals surface area contributed by atoms with Crippen LogP contribution in [0.3, 0.4) is 0 Å². The van der Waals surface area contributed by atoms with Crippen molar-refractivity contribution in [1.82, 2.24) is 4.98 Å². The Morgan fingerprint density at radius 2 is 2.08 bits per heavy atom. The Hall–Kier alpha value is -2.50. The van der Waals surface area contributed by atoms with Gasteiger partial charge in [0.2, 0.25) is 0 Å². The van der Waals surface area contributed by atoms with E-state index in [0.29, 0.717) is 6.04 Å². The molecule has 4 N–H and O–H groups in total. The molecule has 0 amide bonds. The van der Waals surface area contributed by atoms with E-state index >= 15 is 0 Å². The molecule has 1 fully saturated rings. The lowest BCUT2D eigenvalue weighted by molar-refractivity contribution is -0.138. The molecule has 1 saturated carbocycles. The number of hydrogen-bond donors (Lipinski definition) is 3. The number of carbonyl (C=O) groups is 1. The van der Waals surface area contributed by atoms with Gasteiger partial charge in [0, 0.05) is 28.1 Å². The highest BCUT2D eigenvalue weighted by atomic mass is 16.4. The average molecular weight is 329 g/mol. The summed E-state index contributed by atoms with van der Waals surface area (Å²) in [6.45, 7) is 0. The van der Waals surface area contributed by atoms with Crippen LogP contribution in [0.15, 0.2) is 35.6 Å². The summed E-state index contributed by atoms with van der Waals surface area (Å²) >= 11 is 0. The lowest BCUT2D eigenvalue weighted by Crippen LogP contribution is -2.22. The van der Waals surface area contributed by atoms with Crippen molar-refractivity contribution in [3.05, 3.63) is 46.5 Å². The summed E-state index contributed by atoms with van der Waals surface area (Å²) in [4.78, 5) is 16.5. The first-order chi connectivity index (χ1) is 11.6. The molecule has 0 unspecified atom stereocenters. The summed E-state index contributed by atoms with van der Waals surface area (Å²) in [5.74, 6) is -1.12. The van der Waals surface area contributed by atoms with Crippen LogP contribution < -0.4 is 5.73 Å². The second-order valence-electron chi connectivity index (χ2n) is 6.02. The first-order valence-corrected chi connectivity index (χ1v) is 8.19. The molecule has 0 bridgehead atoms. The molecule has 7 heteroatoms. The van der Waals surface area contributed by atoms with E-state index in [0.717, 1.165) is 16.5 Å². The molecule has 1 atom stereocenters. The van der Waals surface area contributed by atoms with Crippen LogP contribution in [0.5, 0.6) is 0 Å². The molecule has 0 aliphatic heterocycles. The number of nitrogens with two attached hydrogens (primary N) is 1. The molecule has 24 heavy (non-hydrogen) atoms. The van der Waals surface area contributed by atoms with Crippen LogP contribution in [0.4, 0.5) is 0 Å². The molecule has 1 aromatic heterocycles. The number of para-hydroxylation sites is 1. The predicted molar refractivity (Wildman–Crippen MR) is 93.6 cm³/mol. The van der Waals surface area contributed by atoms with Crippen molar-refractivity contribution in [2.45, 2.75) is 50.6 Å². The van der Waals surface area contributed by atoms with Crippen LogP contribution in [0.25, 0.3) is 21.3 Å². The highest BCUT2D eigenvalue weighted by Gasteiger charge is 2.17. The molecule has 3 rings (SSSR count). The number of aromatic nitrogens is 1. The predicted octanol–water partition coefficient (Wildman–Crippen LogP) is 3.75. The quantitative estimate of drug-likeness (QED) is 0.449. The van der Waals surface area contributed by atoms with Gasteiger partial charge in [0.25, 0.3) is 0 Å². The second kappa shape index (κ2) is 8.96. The van der Waals surface area contributed by atoms with Crippen molar-refractivity contribution >= 4 is 16.9 Å². The first-order valence-electron chi connectivity index (χ1n) is 8.19. The second-order valence-corrected chi connectivity index (χ2v) is 6.02. The maximum Gasteiger partial charge on any atom is 0.312 e. The maximum atomic E-state index is 10.9. The fraction of sp³-hybridized carbons (Fsp3) is 0.471. The number of nitrogens with zero attached hydrogens (tertiary/aromatic N) is 3. The Bertz CT molecular complexity index is 713. The molecule has 1 aromatic carbocycles. The van der Waals surface area contributed by atoms with Crippen LogP contribution in [-0.4, -0.2) is 28.1 Å². The summed E-state index contributed by atoms with van der Waals surface area (Å²) in [6, 6.07) is 7.04. The number of fused-ring (bicyclic) bond motifs is 1. The van der Waals surface area contributed by atoms with Gasteiger partial charge in [-0.1, -0.05) is 42.6 Å². The molecular formula is C17H23N5O2. The Morgan fingerprint density at radius 3 is 2.67 bits per heavy atom. The molecule has 1 aliphatic carbocycles. The Morgan fingerprint density at radius 1 is 1.38 bits per heavy atom. The number of carboxylic acids is 1. The van der Waals surface area contributed by atoms with E-state index in [1.165, 1.54) is 32.1 Å². The van der Waals surface area contributed by atoms with Gasteiger partial charge in [-0.15, -0.1) is 0 Å². The molecule has 2 aromatic rings. The van der Waals surface area contributed by atoms with E-state index in [2.05, 4.69) is 15.0 Å². The molecule has 0 spiro atoms. The minimum Gasteiger partial charge on any atom is -0.481 e. The van der Waals surface area contributed by atoms with E-state index in [9.17, 15) is 4.79 Å². The van der Waals surface area contributed by atoms with E-state index in [4.69, 9.17) is 16.4 Å². The standard InChI is InChI=1S/C11H10N4O2.C6H13N/c12-15-14-10(11(16)17)5-7-6-13-9-4-2-1-3-8(7)9;7-6-4-2-1-3-5-6/h1-4,6,10,13H,5H2,(H,16,17);6H,1-5,7H2/t10-;/m0./s1. The topological polar surface area (TPSA) is 128 Å². The number of aromatic amines is 1. The number of carboxylic acid groups (broad SMARTS) is 1. The van der Waals surface area contributed by atoms with Crippen molar-refractivity contribution in [2.75, 3.05) is 0 Å². The number of hydrogen-bond acceptors (Lipinski definition) is 3. The highest BCUT2D eigenvalue weighted by Crippen LogP contribution is 2.20. The molecule has 128 valence electrons. The molecule has 1 aliphatic rings. The van der Waals surface area contributed by atoms with Crippen molar-refractivity contribution in [1.29, 1.82) is 0 Å². The number of aliphatic carboxylic acids is 1. The largest absolute Gasteiger partial charge is 0.481 e. The van der Waals surface area contributed by atoms with Gasteiger partial charge in [-0.05, 0) is 36.4 Å². The van der Waals surface area contributed by atoms with E-state index in [-0.39, 0.29) is 6.42 Å². The summed E-state index contributed by atoms with van der Waals surface area (Å²) in [6.07, 6.45) is 8.59. The van der Waals surface area contributed by atoms with Gasteiger partial charge in [0.1, 0.15) is 6.04 Å². The number of nitrogens with one attached hydrogen (secondary N) is 1. The van der Waals surface area contributed by atoms with Crippen LogP contribution >= 0.6 is 0 Å². The lowest BCUT2D eigenvalue weighted by atomic mass is 9.97. The molecule has 0 radical (unpaired) electrons. The minimum absolute atomic E-state index is 0.184. The van der Waals surface area contributed by atoms with Crippen molar-refractivity contribution in [3.8, 4) is 0 Å². The number of H-pyrrole nitrogens is 1. The number of benzene rings is 1. The van der Waals surface area contributed by atoms with Crippen LogP contribution in [0, 0.1) is 0 Å². The normalized spacial score (nSPS) is 15.9. The first kappa shape index (κ1) is 17.8. The fourth-order valence-corrected chi connectivity index (χ4v) is 2.88. The highest BCUT2D eigenvalue weighted by molar-refractivity contribution is 5.84. The minimum atomic E-state index is -1.12. The van der Waals surface area contributed by atoms with Crippen LogP contribution in [0.2, 0.25) is 0 Å². The van der Waals surface area contributed by atoms with Gasteiger partial charge in [-0.25, -0.2) is 0 Å². The Labute approximate surface area is 140 Å². The van der Waals surface area contributed by atoms with Crippen LogP contribution in [-0.2, 0) is 11.2 Å². The Balaban J connectivity index is 0.000000249. The van der Waals surface area contributed by atoms with E-state index < -0.39 is 12.0 Å².